The van der Waals surface area contributed by atoms with Crippen LogP contribution >= 0.6 is 0 Å². The van der Waals surface area contributed by atoms with Gasteiger partial charge in [0.1, 0.15) is 0 Å². The molecule has 190 valence electrons. The first-order chi connectivity index (χ1) is 15.6. The Morgan fingerprint density at radius 1 is 1.00 bits per heavy atom. The second-order valence-corrected chi connectivity index (χ2v) is 13.4. The van der Waals surface area contributed by atoms with Crippen LogP contribution in [0.15, 0.2) is 11.3 Å². The first kappa shape index (κ1) is 25.5. The molecule has 0 saturated heterocycles. The molecule has 4 fully saturated rings. The Morgan fingerprint density at radius 3 is 2.52 bits per heavy atom. The SMILES string of the molecule is CC(C)=C(CCCCNC(C)C)OC1CC2C3CCC4CC(O)CCC4(C)C3CCC2(C)C1. The molecule has 0 heterocycles. The van der Waals surface area contributed by atoms with Crippen LogP contribution in [0.4, 0.5) is 0 Å². The van der Waals surface area contributed by atoms with E-state index in [2.05, 4.69) is 46.9 Å². The molecule has 4 aliphatic carbocycles. The van der Waals surface area contributed by atoms with Gasteiger partial charge in [0.05, 0.1) is 18.0 Å². The summed E-state index contributed by atoms with van der Waals surface area (Å²) in [4.78, 5) is 0. The molecule has 0 radical (unpaired) electrons. The molecule has 0 aromatic rings. The van der Waals surface area contributed by atoms with Gasteiger partial charge in [-0.1, -0.05) is 27.7 Å². The van der Waals surface area contributed by atoms with Crippen LogP contribution in [-0.4, -0.2) is 29.9 Å². The van der Waals surface area contributed by atoms with Gasteiger partial charge in [0, 0.05) is 12.5 Å². The molecule has 3 nitrogen and oxygen atoms in total. The van der Waals surface area contributed by atoms with Gasteiger partial charge in [-0.25, -0.2) is 0 Å². The van der Waals surface area contributed by atoms with Gasteiger partial charge >= 0.3 is 0 Å². The average Bonchev–Trinajstić information content (AvgIpc) is 3.09. The Balaban J connectivity index is 1.37. The monoisotopic (exact) mass is 459 g/mol. The zero-order valence-electron chi connectivity index (χ0n) is 22.6. The summed E-state index contributed by atoms with van der Waals surface area (Å²) < 4.78 is 6.81. The summed E-state index contributed by atoms with van der Waals surface area (Å²) in [6.07, 6.45) is 15.3. The number of aliphatic hydroxyl groups is 1. The van der Waals surface area contributed by atoms with Crippen molar-refractivity contribution in [2.45, 2.75) is 137 Å². The third-order valence-electron chi connectivity index (χ3n) is 10.6. The minimum atomic E-state index is -0.0404. The Kier molecular flexibility index (Phi) is 7.91. The van der Waals surface area contributed by atoms with E-state index in [1.54, 1.807) is 0 Å². The van der Waals surface area contributed by atoms with Gasteiger partial charge in [-0.2, -0.15) is 0 Å². The van der Waals surface area contributed by atoms with E-state index in [4.69, 9.17) is 4.74 Å². The fourth-order valence-electron chi connectivity index (χ4n) is 8.75. The van der Waals surface area contributed by atoms with E-state index in [9.17, 15) is 5.11 Å². The highest BCUT2D eigenvalue weighted by molar-refractivity contribution is 5.10. The highest BCUT2D eigenvalue weighted by Crippen LogP contribution is 2.66. The number of ether oxygens (including phenoxy) is 1. The first-order valence-corrected chi connectivity index (χ1v) is 14.4. The quantitative estimate of drug-likeness (QED) is 0.297. The van der Waals surface area contributed by atoms with E-state index >= 15 is 0 Å². The van der Waals surface area contributed by atoms with E-state index in [0.717, 1.165) is 49.5 Å². The zero-order chi connectivity index (χ0) is 23.8. The van der Waals surface area contributed by atoms with E-state index in [1.807, 2.05) is 0 Å². The van der Waals surface area contributed by atoms with Crippen LogP contribution in [0, 0.1) is 34.5 Å². The van der Waals surface area contributed by atoms with Crippen molar-refractivity contribution >= 4 is 0 Å². The van der Waals surface area contributed by atoms with Crippen LogP contribution in [0.25, 0.3) is 0 Å². The second-order valence-electron chi connectivity index (χ2n) is 13.4. The van der Waals surface area contributed by atoms with Crippen LogP contribution in [0.3, 0.4) is 0 Å². The normalized spacial score (nSPS) is 42.4. The summed E-state index contributed by atoms with van der Waals surface area (Å²) in [5.74, 6) is 4.62. The number of allylic oxidation sites excluding steroid dienone is 2. The number of unbranched alkanes of at least 4 members (excludes halogenated alkanes) is 1. The van der Waals surface area contributed by atoms with E-state index in [-0.39, 0.29) is 6.10 Å². The molecule has 2 N–H and O–H groups in total. The molecule has 0 spiro atoms. The van der Waals surface area contributed by atoms with Gasteiger partial charge in [0.15, 0.2) is 0 Å². The fourth-order valence-corrected chi connectivity index (χ4v) is 8.75. The molecule has 8 unspecified atom stereocenters. The van der Waals surface area contributed by atoms with Crippen molar-refractivity contribution in [2.75, 3.05) is 6.54 Å². The van der Waals surface area contributed by atoms with Gasteiger partial charge in [0.25, 0.3) is 0 Å². The maximum absolute atomic E-state index is 10.3. The summed E-state index contributed by atoms with van der Waals surface area (Å²) in [5.41, 5.74) is 2.31. The lowest BCUT2D eigenvalue weighted by Gasteiger charge is -2.60. The van der Waals surface area contributed by atoms with Crippen molar-refractivity contribution in [3.05, 3.63) is 11.3 Å². The highest BCUT2D eigenvalue weighted by Gasteiger charge is 2.59. The molecule has 33 heavy (non-hydrogen) atoms. The maximum atomic E-state index is 10.3. The topological polar surface area (TPSA) is 41.5 Å². The van der Waals surface area contributed by atoms with Crippen molar-refractivity contribution in [3.63, 3.8) is 0 Å². The van der Waals surface area contributed by atoms with Crippen molar-refractivity contribution in [1.82, 2.24) is 5.32 Å². The molecule has 0 aromatic carbocycles. The summed E-state index contributed by atoms with van der Waals surface area (Å²) in [6.45, 7) is 15.2. The van der Waals surface area contributed by atoms with Gasteiger partial charge in [-0.15, -0.1) is 0 Å². The van der Waals surface area contributed by atoms with Gasteiger partial charge in [-0.05, 0) is 131 Å². The number of nitrogens with one attached hydrogen (secondary N) is 1. The largest absolute Gasteiger partial charge is 0.495 e. The molecule has 0 bridgehead atoms. The van der Waals surface area contributed by atoms with Crippen molar-refractivity contribution in [2.24, 2.45) is 34.5 Å². The average molecular weight is 460 g/mol. The van der Waals surface area contributed by atoms with E-state index in [1.165, 1.54) is 69.1 Å². The van der Waals surface area contributed by atoms with Crippen molar-refractivity contribution in [1.29, 1.82) is 0 Å². The lowest BCUT2D eigenvalue weighted by molar-refractivity contribution is -0.120. The second kappa shape index (κ2) is 10.2. The number of fused-ring (bicyclic) bond motifs is 5. The summed E-state index contributed by atoms with van der Waals surface area (Å²) in [7, 11) is 0. The third-order valence-corrected chi connectivity index (χ3v) is 10.6. The molecular weight excluding hydrogens is 406 g/mol. The summed E-state index contributed by atoms with van der Waals surface area (Å²) in [6, 6.07) is 0.576. The lowest BCUT2D eigenvalue weighted by Crippen LogP contribution is -2.53. The van der Waals surface area contributed by atoms with Gasteiger partial charge in [-0.3, -0.25) is 0 Å². The standard InChI is InChI=1S/C30H53NO2/c1-20(2)28(9-7-8-16-31-21(3)4)33-24-18-27-25-11-10-22-17-23(32)12-15-30(22,6)26(25)13-14-29(27,5)19-24/h21-27,31-32H,7-19H2,1-6H3. The predicted octanol–water partition coefficient (Wildman–Crippen LogP) is 7.24. The van der Waals surface area contributed by atoms with Crippen molar-refractivity contribution in [3.8, 4) is 0 Å². The molecule has 4 rings (SSSR count). The highest BCUT2D eigenvalue weighted by atomic mass is 16.5. The predicted molar refractivity (Wildman–Crippen MR) is 138 cm³/mol. The third kappa shape index (κ3) is 5.35. The van der Waals surface area contributed by atoms with E-state index in [0.29, 0.717) is 23.0 Å². The maximum Gasteiger partial charge on any atom is 0.0990 e. The Hall–Kier alpha value is -0.540. The fraction of sp³-hybridized carbons (Fsp3) is 0.933. The Labute approximate surface area is 204 Å². The van der Waals surface area contributed by atoms with Crippen LogP contribution in [0.5, 0.6) is 0 Å². The summed E-state index contributed by atoms with van der Waals surface area (Å²) in [5, 5.41) is 13.8. The van der Waals surface area contributed by atoms with Crippen LogP contribution in [0.2, 0.25) is 0 Å². The van der Waals surface area contributed by atoms with Gasteiger partial charge < -0.3 is 15.2 Å². The van der Waals surface area contributed by atoms with Crippen LogP contribution < -0.4 is 5.32 Å². The Bertz CT molecular complexity index is 697. The first-order valence-electron chi connectivity index (χ1n) is 14.4. The van der Waals surface area contributed by atoms with E-state index < -0.39 is 0 Å². The zero-order valence-corrected chi connectivity index (χ0v) is 22.6. The lowest BCUT2D eigenvalue weighted by atomic mass is 9.45. The van der Waals surface area contributed by atoms with Crippen molar-refractivity contribution < 1.29 is 9.84 Å². The molecule has 0 amide bonds. The summed E-state index contributed by atoms with van der Waals surface area (Å²) >= 11 is 0. The molecule has 0 aromatic heterocycles. The smallest absolute Gasteiger partial charge is 0.0990 e. The Morgan fingerprint density at radius 2 is 1.79 bits per heavy atom. The van der Waals surface area contributed by atoms with Gasteiger partial charge in [0.2, 0.25) is 0 Å². The molecule has 0 aliphatic heterocycles. The molecule has 8 atom stereocenters. The minimum Gasteiger partial charge on any atom is -0.495 e. The van der Waals surface area contributed by atoms with Crippen LogP contribution in [0.1, 0.15) is 119 Å². The molecular formula is C30H53NO2. The number of hydrogen-bond donors (Lipinski definition) is 2. The number of rotatable bonds is 8. The number of aliphatic hydroxyl groups excluding tert-OH is 1. The van der Waals surface area contributed by atoms with Crippen LogP contribution in [-0.2, 0) is 4.74 Å². The number of hydrogen-bond acceptors (Lipinski definition) is 3. The minimum absolute atomic E-state index is 0.0404. The molecule has 3 heteroatoms. The molecule has 4 saturated carbocycles. The molecule has 4 aliphatic rings.